The molecule has 0 bridgehead atoms. The molecule has 0 atom stereocenters. The summed E-state index contributed by atoms with van der Waals surface area (Å²) in [6.45, 7) is 2.21. The summed E-state index contributed by atoms with van der Waals surface area (Å²) in [6, 6.07) is 5.54. The van der Waals surface area contributed by atoms with Crippen molar-refractivity contribution in [3.63, 3.8) is 0 Å². The molecule has 1 heterocycles. The van der Waals surface area contributed by atoms with Gasteiger partial charge in [-0.25, -0.2) is 14.4 Å². The Hall–Kier alpha value is -1.64. The SMILES string of the molecule is Cc1nccn1-c1ccc(CN=C(N)NC2CCCC2)cc1F.I. The maximum atomic E-state index is 14.3. The quantitative estimate of drug-likeness (QED) is 0.433. The van der Waals surface area contributed by atoms with Crippen molar-refractivity contribution in [1.29, 1.82) is 0 Å². The molecule has 1 fully saturated rings. The average Bonchev–Trinajstić information content (AvgIpc) is 3.17. The van der Waals surface area contributed by atoms with E-state index in [1.807, 2.05) is 13.0 Å². The summed E-state index contributed by atoms with van der Waals surface area (Å²) in [7, 11) is 0. The molecule has 0 unspecified atom stereocenters. The highest BCUT2D eigenvalue weighted by molar-refractivity contribution is 14.0. The minimum absolute atomic E-state index is 0. The molecular formula is C17H23FIN5. The number of aliphatic imine (C=N–C) groups is 1. The largest absolute Gasteiger partial charge is 0.370 e. The molecule has 24 heavy (non-hydrogen) atoms. The van der Waals surface area contributed by atoms with Gasteiger partial charge in [-0.3, -0.25) is 0 Å². The Morgan fingerprint density at radius 2 is 2.17 bits per heavy atom. The van der Waals surface area contributed by atoms with E-state index in [1.165, 1.54) is 18.9 Å². The molecule has 1 aliphatic carbocycles. The number of rotatable bonds is 4. The molecule has 0 saturated heterocycles. The summed E-state index contributed by atoms with van der Waals surface area (Å²) in [5.41, 5.74) is 7.18. The van der Waals surface area contributed by atoms with Gasteiger partial charge in [0.2, 0.25) is 0 Å². The zero-order valence-corrected chi connectivity index (χ0v) is 16.0. The summed E-state index contributed by atoms with van der Waals surface area (Å²) >= 11 is 0. The van der Waals surface area contributed by atoms with Crippen molar-refractivity contribution in [2.24, 2.45) is 10.7 Å². The first-order valence-corrected chi connectivity index (χ1v) is 7.98. The summed E-state index contributed by atoms with van der Waals surface area (Å²) in [5.74, 6) is 0.896. The fourth-order valence-corrected chi connectivity index (χ4v) is 2.98. The predicted octanol–water partition coefficient (Wildman–Crippen LogP) is 3.28. The number of imidazole rings is 1. The van der Waals surface area contributed by atoms with Crippen molar-refractivity contribution >= 4 is 29.9 Å². The van der Waals surface area contributed by atoms with Gasteiger partial charge in [-0.15, -0.1) is 24.0 Å². The topological polar surface area (TPSA) is 68.2 Å². The van der Waals surface area contributed by atoms with Crippen LogP contribution in [0.15, 0.2) is 35.6 Å². The van der Waals surface area contributed by atoms with E-state index in [1.54, 1.807) is 23.0 Å². The van der Waals surface area contributed by atoms with Gasteiger partial charge in [0.1, 0.15) is 11.6 Å². The van der Waals surface area contributed by atoms with Gasteiger partial charge in [-0.05, 0) is 37.5 Å². The second-order valence-electron chi connectivity index (χ2n) is 5.96. The fourth-order valence-electron chi connectivity index (χ4n) is 2.98. The molecule has 1 aromatic heterocycles. The Morgan fingerprint density at radius 3 is 2.79 bits per heavy atom. The molecule has 0 radical (unpaired) electrons. The number of nitrogens with one attached hydrogen (secondary N) is 1. The standard InChI is InChI=1S/C17H22FN5.HI/c1-12-20-8-9-23(12)16-7-6-13(10-15(16)18)11-21-17(19)22-14-4-2-3-5-14;/h6-10,14H,2-5,11H2,1H3,(H3,19,21,22);1H. The third kappa shape index (κ3) is 4.46. The summed E-state index contributed by atoms with van der Waals surface area (Å²) in [6.07, 6.45) is 8.17. The first-order valence-electron chi connectivity index (χ1n) is 7.98. The van der Waals surface area contributed by atoms with Crippen molar-refractivity contribution in [3.05, 3.63) is 47.8 Å². The van der Waals surface area contributed by atoms with Crippen LogP contribution in [0.2, 0.25) is 0 Å². The third-order valence-corrected chi connectivity index (χ3v) is 4.24. The number of hydrogen-bond acceptors (Lipinski definition) is 2. The van der Waals surface area contributed by atoms with Crippen LogP contribution in [0.25, 0.3) is 5.69 Å². The maximum absolute atomic E-state index is 14.3. The number of halogens is 2. The Bertz CT molecular complexity index is 707. The highest BCUT2D eigenvalue weighted by Gasteiger charge is 2.14. The molecule has 0 spiro atoms. The first-order chi connectivity index (χ1) is 11.1. The molecule has 1 saturated carbocycles. The number of nitrogens with two attached hydrogens (primary N) is 1. The van der Waals surface area contributed by atoms with Crippen molar-refractivity contribution in [2.75, 3.05) is 0 Å². The molecule has 1 aliphatic rings. The minimum Gasteiger partial charge on any atom is -0.370 e. The number of hydrogen-bond donors (Lipinski definition) is 2. The van der Waals surface area contributed by atoms with Gasteiger partial charge < -0.3 is 15.6 Å². The zero-order chi connectivity index (χ0) is 16.2. The van der Waals surface area contributed by atoms with E-state index in [0.29, 0.717) is 24.2 Å². The van der Waals surface area contributed by atoms with Crippen LogP contribution in [-0.2, 0) is 6.54 Å². The number of guanidine groups is 1. The van der Waals surface area contributed by atoms with Gasteiger partial charge in [0, 0.05) is 18.4 Å². The molecule has 0 amide bonds. The summed E-state index contributed by atoms with van der Waals surface area (Å²) in [4.78, 5) is 8.42. The monoisotopic (exact) mass is 443 g/mol. The van der Waals surface area contributed by atoms with Gasteiger partial charge in [-0.1, -0.05) is 18.9 Å². The predicted molar refractivity (Wildman–Crippen MR) is 104 cm³/mol. The second kappa shape index (κ2) is 8.46. The Morgan fingerprint density at radius 1 is 1.42 bits per heavy atom. The van der Waals surface area contributed by atoms with Crippen LogP contribution in [0.1, 0.15) is 37.1 Å². The van der Waals surface area contributed by atoms with Gasteiger partial charge in [0.25, 0.3) is 0 Å². The normalized spacial score (nSPS) is 15.3. The lowest BCUT2D eigenvalue weighted by molar-refractivity contribution is 0.613. The lowest BCUT2D eigenvalue weighted by Gasteiger charge is -2.12. The van der Waals surface area contributed by atoms with E-state index in [9.17, 15) is 4.39 Å². The van der Waals surface area contributed by atoms with Gasteiger partial charge in [0.15, 0.2) is 5.96 Å². The average molecular weight is 443 g/mol. The van der Waals surface area contributed by atoms with Crippen molar-refractivity contribution in [1.82, 2.24) is 14.9 Å². The van der Waals surface area contributed by atoms with E-state index < -0.39 is 0 Å². The molecular weight excluding hydrogens is 420 g/mol. The minimum atomic E-state index is -0.291. The van der Waals surface area contributed by atoms with Crippen LogP contribution in [0.5, 0.6) is 0 Å². The van der Waals surface area contributed by atoms with Crippen LogP contribution in [-0.4, -0.2) is 21.6 Å². The van der Waals surface area contributed by atoms with E-state index in [0.717, 1.165) is 24.2 Å². The number of aryl methyl sites for hydroxylation is 1. The Kier molecular flexibility index (Phi) is 6.59. The highest BCUT2D eigenvalue weighted by atomic mass is 127. The van der Waals surface area contributed by atoms with Crippen molar-refractivity contribution in [2.45, 2.75) is 45.2 Å². The molecule has 3 rings (SSSR count). The highest BCUT2D eigenvalue weighted by Crippen LogP contribution is 2.18. The third-order valence-electron chi connectivity index (χ3n) is 4.24. The lowest BCUT2D eigenvalue weighted by Crippen LogP contribution is -2.38. The lowest BCUT2D eigenvalue weighted by atomic mass is 10.2. The maximum Gasteiger partial charge on any atom is 0.189 e. The van der Waals surface area contributed by atoms with Gasteiger partial charge >= 0.3 is 0 Å². The first kappa shape index (κ1) is 18.7. The van der Waals surface area contributed by atoms with E-state index >= 15 is 0 Å². The van der Waals surface area contributed by atoms with Crippen LogP contribution < -0.4 is 11.1 Å². The smallest absolute Gasteiger partial charge is 0.189 e. The molecule has 1 aromatic carbocycles. The number of aromatic nitrogens is 2. The van der Waals surface area contributed by atoms with E-state index in [4.69, 9.17) is 5.73 Å². The van der Waals surface area contributed by atoms with Crippen LogP contribution in [0, 0.1) is 12.7 Å². The van der Waals surface area contributed by atoms with Gasteiger partial charge in [-0.2, -0.15) is 0 Å². The van der Waals surface area contributed by atoms with Crippen LogP contribution in [0.3, 0.4) is 0 Å². The van der Waals surface area contributed by atoms with Gasteiger partial charge in [0.05, 0.1) is 12.2 Å². The number of nitrogens with zero attached hydrogens (tertiary/aromatic N) is 3. The molecule has 2 aromatic rings. The Labute approximate surface area is 158 Å². The molecule has 7 heteroatoms. The molecule has 3 N–H and O–H groups in total. The molecule has 130 valence electrons. The number of benzene rings is 1. The van der Waals surface area contributed by atoms with Crippen LogP contribution in [0.4, 0.5) is 4.39 Å². The second-order valence-corrected chi connectivity index (χ2v) is 5.96. The van der Waals surface area contributed by atoms with Crippen LogP contribution >= 0.6 is 24.0 Å². The van der Waals surface area contributed by atoms with Crippen molar-refractivity contribution in [3.8, 4) is 5.69 Å². The van der Waals surface area contributed by atoms with E-state index in [-0.39, 0.29) is 29.8 Å². The van der Waals surface area contributed by atoms with E-state index in [2.05, 4.69) is 15.3 Å². The van der Waals surface area contributed by atoms with Crippen molar-refractivity contribution < 1.29 is 4.39 Å². The fraction of sp³-hybridized carbons (Fsp3) is 0.412. The summed E-state index contributed by atoms with van der Waals surface area (Å²) < 4.78 is 16.0. The zero-order valence-electron chi connectivity index (χ0n) is 13.7. The Balaban J connectivity index is 0.00000208. The summed E-state index contributed by atoms with van der Waals surface area (Å²) in [5, 5.41) is 3.23. The molecule has 0 aliphatic heterocycles. The molecule has 5 nitrogen and oxygen atoms in total.